The zero-order valence-corrected chi connectivity index (χ0v) is 13.6. The Morgan fingerprint density at radius 1 is 1.21 bits per heavy atom. The van der Waals surface area contributed by atoms with Gasteiger partial charge in [-0.3, -0.25) is 9.78 Å². The molecular weight excluding hydrogens is 304 g/mol. The minimum absolute atomic E-state index is 0.134. The molecule has 0 unspecified atom stereocenters. The maximum absolute atomic E-state index is 12.6. The first-order chi connectivity index (χ1) is 11.7. The summed E-state index contributed by atoms with van der Waals surface area (Å²) >= 11 is 0. The predicted molar refractivity (Wildman–Crippen MR) is 90.2 cm³/mol. The fourth-order valence-electron chi connectivity index (χ4n) is 2.39. The van der Waals surface area contributed by atoms with Crippen LogP contribution in [0.3, 0.4) is 0 Å². The van der Waals surface area contributed by atoms with Gasteiger partial charge in [-0.05, 0) is 35.9 Å². The highest BCUT2D eigenvalue weighted by Gasteiger charge is 2.15. The molecule has 24 heavy (non-hydrogen) atoms. The number of amides is 1. The summed E-state index contributed by atoms with van der Waals surface area (Å²) in [6, 6.07) is 13.0. The van der Waals surface area contributed by atoms with Gasteiger partial charge in [-0.2, -0.15) is 5.10 Å². The average Bonchev–Trinajstić information content (AvgIpc) is 3.12. The smallest absolute Gasteiger partial charge is 0.274 e. The molecule has 6 nitrogen and oxygen atoms in total. The Kier molecular flexibility index (Phi) is 4.56. The van der Waals surface area contributed by atoms with Crippen molar-refractivity contribution in [1.29, 1.82) is 0 Å². The Bertz CT molecular complexity index is 830. The van der Waals surface area contributed by atoms with E-state index in [4.69, 9.17) is 4.74 Å². The Labute approximate surface area is 140 Å². The van der Waals surface area contributed by atoms with Crippen LogP contribution in [0.4, 0.5) is 0 Å². The number of aromatic nitrogens is 3. The Balaban J connectivity index is 1.73. The third-order valence-corrected chi connectivity index (χ3v) is 3.64. The summed E-state index contributed by atoms with van der Waals surface area (Å²) in [6.07, 6.45) is 5.14. The van der Waals surface area contributed by atoms with Crippen molar-refractivity contribution < 1.29 is 9.53 Å². The van der Waals surface area contributed by atoms with E-state index in [-0.39, 0.29) is 5.91 Å². The third-order valence-electron chi connectivity index (χ3n) is 3.64. The molecule has 0 aliphatic carbocycles. The lowest BCUT2D eigenvalue weighted by Crippen LogP contribution is -2.26. The van der Waals surface area contributed by atoms with E-state index in [9.17, 15) is 4.79 Å². The lowest BCUT2D eigenvalue weighted by Gasteiger charge is -2.16. The van der Waals surface area contributed by atoms with Crippen molar-refractivity contribution in [2.45, 2.75) is 6.54 Å². The number of pyridine rings is 1. The van der Waals surface area contributed by atoms with Crippen LogP contribution < -0.4 is 4.74 Å². The normalized spacial score (nSPS) is 10.4. The number of benzene rings is 1. The number of carbonyl (C=O) groups is 1. The van der Waals surface area contributed by atoms with Crippen LogP contribution in [0.5, 0.6) is 5.75 Å². The molecule has 0 fully saturated rings. The van der Waals surface area contributed by atoms with Gasteiger partial charge >= 0.3 is 0 Å². The molecule has 0 aliphatic rings. The Morgan fingerprint density at radius 2 is 2.00 bits per heavy atom. The first kappa shape index (κ1) is 15.7. The first-order valence-electron chi connectivity index (χ1n) is 7.52. The van der Waals surface area contributed by atoms with E-state index < -0.39 is 0 Å². The molecule has 2 heterocycles. The summed E-state index contributed by atoms with van der Waals surface area (Å²) in [7, 11) is 3.38. The molecular formula is C18H18N4O2. The van der Waals surface area contributed by atoms with Crippen LogP contribution in [0, 0.1) is 0 Å². The SMILES string of the molecule is COc1cccc(CN(C)C(=O)c2ccn(-c3ccncc3)n2)c1. The zero-order valence-electron chi connectivity index (χ0n) is 13.6. The van der Waals surface area contributed by atoms with Gasteiger partial charge in [-0.15, -0.1) is 0 Å². The second-order valence-electron chi connectivity index (χ2n) is 5.36. The van der Waals surface area contributed by atoms with E-state index in [0.29, 0.717) is 12.2 Å². The molecule has 0 N–H and O–H groups in total. The molecule has 2 aromatic heterocycles. The van der Waals surface area contributed by atoms with Gasteiger partial charge < -0.3 is 9.64 Å². The van der Waals surface area contributed by atoms with E-state index >= 15 is 0 Å². The number of carbonyl (C=O) groups excluding carboxylic acids is 1. The molecule has 6 heteroatoms. The molecule has 3 rings (SSSR count). The minimum Gasteiger partial charge on any atom is -0.497 e. The van der Waals surface area contributed by atoms with Crippen molar-refractivity contribution in [3.05, 3.63) is 72.3 Å². The molecule has 3 aromatic rings. The number of hydrogen-bond donors (Lipinski definition) is 0. The highest BCUT2D eigenvalue weighted by Crippen LogP contribution is 2.15. The molecule has 0 bridgehead atoms. The van der Waals surface area contributed by atoms with Crippen LogP contribution in [-0.4, -0.2) is 39.7 Å². The fourth-order valence-corrected chi connectivity index (χ4v) is 2.39. The van der Waals surface area contributed by atoms with Crippen LogP contribution in [0.25, 0.3) is 5.69 Å². The van der Waals surface area contributed by atoms with Gasteiger partial charge in [0.1, 0.15) is 5.75 Å². The maximum atomic E-state index is 12.6. The quantitative estimate of drug-likeness (QED) is 0.724. The van der Waals surface area contributed by atoms with Gasteiger partial charge in [0.2, 0.25) is 0 Å². The number of rotatable bonds is 5. The van der Waals surface area contributed by atoms with Crippen LogP contribution in [-0.2, 0) is 6.54 Å². The van der Waals surface area contributed by atoms with Crippen LogP contribution in [0.1, 0.15) is 16.1 Å². The average molecular weight is 322 g/mol. The van der Waals surface area contributed by atoms with Gasteiger partial charge in [0.05, 0.1) is 12.8 Å². The second kappa shape index (κ2) is 6.95. The molecule has 0 spiro atoms. The lowest BCUT2D eigenvalue weighted by molar-refractivity contribution is 0.0778. The summed E-state index contributed by atoms with van der Waals surface area (Å²) in [4.78, 5) is 18.2. The van der Waals surface area contributed by atoms with E-state index in [1.54, 1.807) is 48.4 Å². The number of ether oxygens (including phenoxy) is 1. The van der Waals surface area contributed by atoms with E-state index in [2.05, 4.69) is 10.1 Å². The molecule has 1 amide bonds. The summed E-state index contributed by atoms with van der Waals surface area (Å²) < 4.78 is 6.87. The van der Waals surface area contributed by atoms with E-state index in [1.807, 2.05) is 36.4 Å². The van der Waals surface area contributed by atoms with E-state index in [0.717, 1.165) is 17.0 Å². The Hall–Kier alpha value is -3.15. The largest absolute Gasteiger partial charge is 0.497 e. The van der Waals surface area contributed by atoms with Gasteiger partial charge in [0.25, 0.3) is 5.91 Å². The minimum atomic E-state index is -0.134. The summed E-state index contributed by atoms with van der Waals surface area (Å²) in [5.41, 5.74) is 2.26. The molecule has 0 aliphatic heterocycles. The number of methoxy groups -OCH3 is 1. The van der Waals surface area contributed by atoms with Crippen LogP contribution in [0.15, 0.2) is 61.1 Å². The summed E-state index contributed by atoms with van der Waals surface area (Å²) in [6.45, 7) is 0.484. The van der Waals surface area contributed by atoms with Crippen molar-refractivity contribution in [3.63, 3.8) is 0 Å². The Morgan fingerprint density at radius 3 is 2.75 bits per heavy atom. The van der Waals surface area contributed by atoms with Crippen LogP contribution >= 0.6 is 0 Å². The van der Waals surface area contributed by atoms with Crippen molar-refractivity contribution >= 4 is 5.91 Å². The number of hydrogen-bond acceptors (Lipinski definition) is 4. The van der Waals surface area contributed by atoms with Crippen molar-refractivity contribution in [3.8, 4) is 11.4 Å². The fraction of sp³-hybridized carbons (Fsp3) is 0.167. The second-order valence-corrected chi connectivity index (χ2v) is 5.36. The number of nitrogens with zero attached hydrogens (tertiary/aromatic N) is 4. The first-order valence-corrected chi connectivity index (χ1v) is 7.52. The molecule has 0 radical (unpaired) electrons. The zero-order chi connectivity index (χ0) is 16.9. The standard InChI is InChI=1S/C18H18N4O2/c1-21(13-14-4-3-5-16(12-14)24-2)18(23)17-8-11-22(20-17)15-6-9-19-10-7-15/h3-12H,13H2,1-2H3. The summed E-state index contributed by atoms with van der Waals surface area (Å²) in [5, 5.41) is 4.35. The van der Waals surface area contributed by atoms with Crippen molar-refractivity contribution in [2.75, 3.05) is 14.2 Å². The molecule has 0 saturated carbocycles. The highest BCUT2D eigenvalue weighted by atomic mass is 16.5. The third kappa shape index (κ3) is 3.43. The van der Waals surface area contributed by atoms with Gasteiger partial charge in [-0.1, -0.05) is 12.1 Å². The van der Waals surface area contributed by atoms with Gasteiger partial charge in [0.15, 0.2) is 5.69 Å². The molecule has 1 aromatic carbocycles. The topological polar surface area (TPSA) is 60.2 Å². The molecule has 122 valence electrons. The van der Waals surface area contributed by atoms with E-state index in [1.165, 1.54) is 0 Å². The maximum Gasteiger partial charge on any atom is 0.274 e. The molecule has 0 atom stereocenters. The van der Waals surface area contributed by atoms with Crippen molar-refractivity contribution in [2.24, 2.45) is 0 Å². The van der Waals surface area contributed by atoms with Crippen molar-refractivity contribution in [1.82, 2.24) is 19.7 Å². The lowest BCUT2D eigenvalue weighted by atomic mass is 10.2. The highest BCUT2D eigenvalue weighted by molar-refractivity contribution is 5.92. The van der Waals surface area contributed by atoms with Gasteiger partial charge in [-0.25, -0.2) is 4.68 Å². The van der Waals surface area contributed by atoms with Crippen LogP contribution in [0.2, 0.25) is 0 Å². The predicted octanol–water partition coefficient (Wildman–Crippen LogP) is 2.55. The monoisotopic (exact) mass is 322 g/mol. The summed E-state index contributed by atoms with van der Waals surface area (Å²) in [5.74, 6) is 0.640. The molecule has 0 saturated heterocycles. The van der Waals surface area contributed by atoms with Gasteiger partial charge in [0, 0.05) is 32.2 Å².